The van der Waals surface area contributed by atoms with Gasteiger partial charge in [0.15, 0.2) is 0 Å². The Morgan fingerprint density at radius 1 is 1.26 bits per heavy atom. The third-order valence-electron chi connectivity index (χ3n) is 4.49. The predicted molar refractivity (Wildman–Crippen MR) is 91.6 cm³/mol. The van der Waals surface area contributed by atoms with Crippen LogP contribution in [-0.2, 0) is 6.42 Å². The van der Waals surface area contributed by atoms with Crippen molar-refractivity contribution in [2.75, 3.05) is 26.8 Å². The Balaban J connectivity index is 1.70. The molecule has 2 aromatic rings. The van der Waals surface area contributed by atoms with Crippen molar-refractivity contribution in [2.45, 2.75) is 25.3 Å². The van der Waals surface area contributed by atoms with E-state index in [9.17, 15) is 0 Å². The van der Waals surface area contributed by atoms with Crippen molar-refractivity contribution in [3.63, 3.8) is 0 Å². The maximum absolute atomic E-state index is 9.08. The molecular weight excluding hydrogens is 288 g/mol. The average Bonchev–Trinajstić information content (AvgIpc) is 2.99. The van der Waals surface area contributed by atoms with Gasteiger partial charge in [-0.2, -0.15) is 0 Å². The normalized spacial score (nSPS) is 18.3. The molecule has 23 heavy (non-hydrogen) atoms. The minimum Gasteiger partial charge on any atom is -0.490 e. The number of aliphatic hydroxyl groups excluding tert-OH is 1. The molecule has 0 unspecified atom stereocenters. The number of nitrogens with zero attached hydrogens (tertiary/aromatic N) is 2. The van der Waals surface area contributed by atoms with Gasteiger partial charge >= 0.3 is 0 Å². The Kier molecular flexibility index (Phi) is 5.26. The van der Waals surface area contributed by atoms with Crippen molar-refractivity contribution >= 4 is 0 Å². The molecule has 1 saturated heterocycles. The van der Waals surface area contributed by atoms with Crippen LogP contribution in [0.25, 0.3) is 11.1 Å². The topological polar surface area (TPSA) is 45.6 Å². The average molecular weight is 312 g/mol. The summed E-state index contributed by atoms with van der Waals surface area (Å²) < 4.78 is 5.96. The van der Waals surface area contributed by atoms with Gasteiger partial charge in [-0.1, -0.05) is 24.3 Å². The number of ether oxygens (including phenoxy) is 1. The summed E-state index contributed by atoms with van der Waals surface area (Å²) in [4.78, 5) is 6.67. The lowest BCUT2D eigenvalue weighted by Gasteiger charge is -2.19. The van der Waals surface area contributed by atoms with Crippen LogP contribution in [0.2, 0.25) is 0 Å². The highest BCUT2D eigenvalue weighted by molar-refractivity contribution is 5.64. The van der Waals surface area contributed by atoms with Gasteiger partial charge in [0, 0.05) is 24.4 Å². The molecule has 0 aliphatic carbocycles. The molecule has 1 fully saturated rings. The van der Waals surface area contributed by atoms with E-state index in [1.54, 1.807) is 6.20 Å². The second kappa shape index (κ2) is 7.57. The molecule has 0 bridgehead atoms. The summed E-state index contributed by atoms with van der Waals surface area (Å²) in [7, 11) is 2.16. The van der Waals surface area contributed by atoms with Crippen molar-refractivity contribution in [3.05, 3.63) is 48.3 Å². The molecule has 4 heteroatoms. The van der Waals surface area contributed by atoms with E-state index in [2.05, 4.69) is 29.1 Å². The van der Waals surface area contributed by atoms with Crippen LogP contribution < -0.4 is 4.74 Å². The Bertz CT molecular complexity index is 645. The van der Waals surface area contributed by atoms with Crippen molar-refractivity contribution in [1.82, 2.24) is 9.88 Å². The zero-order valence-corrected chi connectivity index (χ0v) is 13.6. The van der Waals surface area contributed by atoms with E-state index in [1.807, 2.05) is 24.4 Å². The summed E-state index contributed by atoms with van der Waals surface area (Å²) in [6.45, 7) is 2.04. The number of benzene rings is 1. The highest BCUT2D eigenvalue weighted by Gasteiger charge is 2.21. The molecule has 122 valence electrons. The second-order valence-corrected chi connectivity index (χ2v) is 6.17. The van der Waals surface area contributed by atoms with E-state index in [0.29, 0.717) is 19.1 Å². The lowest BCUT2D eigenvalue weighted by molar-refractivity contribution is 0.198. The molecule has 1 N–H and O–H groups in total. The van der Waals surface area contributed by atoms with Crippen LogP contribution in [0.1, 0.15) is 18.4 Å². The van der Waals surface area contributed by atoms with Gasteiger partial charge in [0.05, 0.1) is 6.20 Å². The third kappa shape index (κ3) is 4.09. The van der Waals surface area contributed by atoms with Crippen LogP contribution in [-0.4, -0.2) is 47.8 Å². The second-order valence-electron chi connectivity index (χ2n) is 6.17. The largest absolute Gasteiger partial charge is 0.490 e. The van der Waals surface area contributed by atoms with Crippen molar-refractivity contribution in [2.24, 2.45) is 0 Å². The minimum absolute atomic E-state index is 0.166. The fraction of sp³-hybridized carbons (Fsp3) is 0.421. The fourth-order valence-corrected chi connectivity index (χ4v) is 3.07. The van der Waals surface area contributed by atoms with Crippen LogP contribution in [0, 0.1) is 0 Å². The summed E-state index contributed by atoms with van der Waals surface area (Å²) in [6.07, 6.45) is 6.75. The molecule has 0 amide bonds. The van der Waals surface area contributed by atoms with Crippen LogP contribution in [0.3, 0.4) is 0 Å². The molecule has 3 rings (SSSR count). The predicted octanol–water partition coefficient (Wildman–Crippen LogP) is 2.76. The van der Waals surface area contributed by atoms with E-state index in [1.165, 1.54) is 12.8 Å². The Morgan fingerprint density at radius 3 is 2.96 bits per heavy atom. The number of hydrogen-bond acceptors (Lipinski definition) is 4. The summed E-state index contributed by atoms with van der Waals surface area (Å²) in [6, 6.07) is 10.8. The van der Waals surface area contributed by atoms with Gasteiger partial charge in [-0.05, 0) is 50.0 Å². The zero-order valence-electron chi connectivity index (χ0n) is 13.6. The highest BCUT2D eigenvalue weighted by Crippen LogP contribution is 2.24. The smallest absolute Gasteiger partial charge is 0.138 e. The number of rotatable bonds is 6. The number of hydrogen-bond donors (Lipinski definition) is 1. The van der Waals surface area contributed by atoms with Crippen molar-refractivity contribution in [3.8, 4) is 16.9 Å². The van der Waals surface area contributed by atoms with Crippen LogP contribution >= 0.6 is 0 Å². The molecule has 4 nitrogen and oxygen atoms in total. The molecule has 1 aliphatic heterocycles. The number of aromatic nitrogens is 1. The fourth-order valence-electron chi connectivity index (χ4n) is 3.07. The summed E-state index contributed by atoms with van der Waals surface area (Å²) >= 11 is 0. The molecule has 1 aliphatic rings. The van der Waals surface area contributed by atoms with E-state index in [-0.39, 0.29) is 6.61 Å². The lowest BCUT2D eigenvalue weighted by atomic mass is 10.0. The standard InChI is InChI=1S/C19H24N2O2/c1-21-8-3-6-18(21)14-23-19-11-17(12-20-13-19)16-5-2-4-15(10-16)7-9-22/h2,4-5,10-13,18,22H,3,6-9,14H2,1H3/t18-/m0/s1. The Labute approximate surface area is 137 Å². The lowest BCUT2D eigenvalue weighted by Crippen LogP contribution is -2.30. The maximum Gasteiger partial charge on any atom is 0.138 e. The molecular formula is C19H24N2O2. The summed E-state index contributed by atoms with van der Waals surface area (Å²) in [5.41, 5.74) is 3.28. The summed E-state index contributed by atoms with van der Waals surface area (Å²) in [5.74, 6) is 0.815. The minimum atomic E-state index is 0.166. The van der Waals surface area contributed by atoms with Gasteiger partial charge in [-0.15, -0.1) is 0 Å². The Morgan fingerprint density at radius 2 is 2.17 bits per heavy atom. The van der Waals surface area contributed by atoms with Gasteiger partial charge in [0.1, 0.15) is 12.4 Å². The van der Waals surface area contributed by atoms with Gasteiger partial charge in [0.2, 0.25) is 0 Å². The van der Waals surface area contributed by atoms with Crippen LogP contribution in [0.15, 0.2) is 42.7 Å². The number of aliphatic hydroxyl groups is 1. The van der Waals surface area contributed by atoms with E-state index >= 15 is 0 Å². The van der Waals surface area contributed by atoms with Crippen molar-refractivity contribution < 1.29 is 9.84 Å². The first kappa shape index (κ1) is 16.0. The Hall–Kier alpha value is -1.91. The monoisotopic (exact) mass is 312 g/mol. The quantitative estimate of drug-likeness (QED) is 0.891. The molecule has 0 saturated carbocycles. The molecule has 0 radical (unpaired) electrons. The van der Waals surface area contributed by atoms with Crippen LogP contribution in [0.5, 0.6) is 5.75 Å². The maximum atomic E-state index is 9.08. The number of likely N-dealkylation sites (tertiary alicyclic amines) is 1. The van der Waals surface area contributed by atoms with Gasteiger partial charge in [-0.3, -0.25) is 4.98 Å². The number of likely N-dealkylation sites (N-methyl/N-ethyl adjacent to an activating group) is 1. The van der Waals surface area contributed by atoms with Gasteiger partial charge < -0.3 is 14.7 Å². The molecule has 1 atom stereocenters. The first-order valence-electron chi connectivity index (χ1n) is 8.24. The van der Waals surface area contributed by atoms with E-state index < -0.39 is 0 Å². The number of pyridine rings is 1. The molecule has 1 aromatic heterocycles. The molecule has 1 aromatic carbocycles. The van der Waals surface area contributed by atoms with E-state index in [4.69, 9.17) is 9.84 Å². The first-order chi connectivity index (χ1) is 11.3. The van der Waals surface area contributed by atoms with Crippen molar-refractivity contribution in [1.29, 1.82) is 0 Å². The van der Waals surface area contributed by atoms with E-state index in [0.717, 1.165) is 29.0 Å². The molecule has 0 spiro atoms. The van der Waals surface area contributed by atoms with Gasteiger partial charge in [-0.25, -0.2) is 0 Å². The first-order valence-corrected chi connectivity index (χ1v) is 8.24. The SMILES string of the molecule is CN1CCC[C@H]1COc1cncc(-c2cccc(CCO)c2)c1. The third-order valence-corrected chi connectivity index (χ3v) is 4.49. The molecule has 2 heterocycles. The summed E-state index contributed by atoms with van der Waals surface area (Å²) in [5, 5.41) is 9.08. The van der Waals surface area contributed by atoms with Gasteiger partial charge in [0.25, 0.3) is 0 Å². The highest BCUT2D eigenvalue weighted by atomic mass is 16.5. The zero-order chi connectivity index (χ0) is 16.1. The van der Waals surface area contributed by atoms with Crippen LogP contribution in [0.4, 0.5) is 0 Å².